The Morgan fingerprint density at radius 2 is 2.50 bits per heavy atom. The second kappa shape index (κ2) is 5.28. The Labute approximate surface area is 102 Å². The van der Waals surface area contributed by atoms with E-state index in [0.717, 1.165) is 18.9 Å². The molecule has 0 spiro atoms. The van der Waals surface area contributed by atoms with Crippen molar-refractivity contribution in [2.75, 3.05) is 6.54 Å². The molecule has 1 aromatic rings. The van der Waals surface area contributed by atoms with Gasteiger partial charge in [0.1, 0.15) is 0 Å². The maximum Gasteiger partial charge on any atom is 0.0794 e. The van der Waals surface area contributed by atoms with Crippen molar-refractivity contribution >= 4 is 11.3 Å². The molecule has 2 unspecified atom stereocenters. The van der Waals surface area contributed by atoms with E-state index in [1.807, 2.05) is 11.7 Å². The molecule has 0 saturated heterocycles. The van der Waals surface area contributed by atoms with E-state index in [1.54, 1.807) is 11.3 Å². The van der Waals surface area contributed by atoms with Crippen LogP contribution >= 0.6 is 11.3 Å². The molecule has 0 radical (unpaired) electrons. The van der Waals surface area contributed by atoms with Crippen LogP contribution in [0.2, 0.25) is 0 Å². The summed E-state index contributed by atoms with van der Waals surface area (Å²) in [4.78, 5) is 5.57. The lowest BCUT2D eigenvalue weighted by Gasteiger charge is -2.40. The summed E-state index contributed by atoms with van der Waals surface area (Å²) >= 11 is 1.77. The van der Waals surface area contributed by atoms with Gasteiger partial charge in [-0.25, -0.2) is 0 Å². The number of rotatable bonds is 4. The van der Waals surface area contributed by atoms with Gasteiger partial charge in [0.2, 0.25) is 0 Å². The number of hydrogen-bond acceptors (Lipinski definition) is 3. The molecule has 2 rings (SSSR count). The van der Waals surface area contributed by atoms with E-state index in [4.69, 9.17) is 5.73 Å². The normalized spacial score (nSPS) is 30.5. The Kier molecular flexibility index (Phi) is 3.98. The molecule has 1 heterocycles. The van der Waals surface area contributed by atoms with Gasteiger partial charge < -0.3 is 5.73 Å². The largest absolute Gasteiger partial charge is 0.330 e. The predicted molar refractivity (Wildman–Crippen MR) is 69.6 cm³/mol. The van der Waals surface area contributed by atoms with E-state index in [-0.39, 0.29) is 0 Å². The molecular weight excluding hydrogens is 216 g/mol. The maximum atomic E-state index is 6.06. The topological polar surface area (TPSA) is 38.9 Å². The highest BCUT2D eigenvalue weighted by atomic mass is 32.1. The molecule has 1 aromatic heterocycles. The number of thiazole rings is 1. The fraction of sp³-hybridized carbons (Fsp3) is 0.769. The third-order valence-corrected chi connectivity index (χ3v) is 4.86. The zero-order valence-electron chi connectivity index (χ0n) is 10.1. The number of hydrogen-bond donors (Lipinski definition) is 1. The van der Waals surface area contributed by atoms with Gasteiger partial charge in [0, 0.05) is 11.1 Å². The molecule has 3 heteroatoms. The second-order valence-electron chi connectivity index (χ2n) is 5.22. The summed E-state index contributed by atoms with van der Waals surface area (Å²) in [5.41, 5.74) is 8.35. The molecule has 1 fully saturated rings. The number of nitrogens with two attached hydrogens (primary N) is 1. The summed E-state index contributed by atoms with van der Waals surface area (Å²) in [6, 6.07) is 0. The van der Waals surface area contributed by atoms with Crippen LogP contribution in [0.15, 0.2) is 11.7 Å². The fourth-order valence-electron chi connectivity index (χ4n) is 3.05. The zero-order chi connectivity index (χ0) is 11.4. The summed E-state index contributed by atoms with van der Waals surface area (Å²) in [6.07, 6.45) is 9.85. The summed E-state index contributed by atoms with van der Waals surface area (Å²) in [5.74, 6) is 0.894. The van der Waals surface area contributed by atoms with Gasteiger partial charge >= 0.3 is 0 Å². The summed E-state index contributed by atoms with van der Waals surface area (Å²) in [6.45, 7) is 3.14. The van der Waals surface area contributed by atoms with Gasteiger partial charge in [-0.1, -0.05) is 26.2 Å². The number of nitrogens with zero attached hydrogens (tertiary/aromatic N) is 1. The van der Waals surface area contributed by atoms with Crippen molar-refractivity contribution in [3.05, 3.63) is 16.6 Å². The molecule has 1 aliphatic rings. The molecular formula is C13H22N2S. The Morgan fingerprint density at radius 3 is 3.12 bits per heavy atom. The lowest BCUT2D eigenvalue weighted by molar-refractivity contribution is 0.143. The van der Waals surface area contributed by atoms with Crippen molar-refractivity contribution in [1.29, 1.82) is 0 Å². The Balaban J connectivity index is 2.06. The minimum Gasteiger partial charge on any atom is -0.330 e. The molecule has 2 N–H and O–H groups in total. The Hall–Kier alpha value is -0.410. The molecule has 90 valence electrons. The molecule has 2 nitrogen and oxygen atoms in total. The van der Waals surface area contributed by atoms with E-state index in [1.165, 1.54) is 37.0 Å². The van der Waals surface area contributed by atoms with Gasteiger partial charge in [-0.15, -0.1) is 11.3 Å². The SMILES string of the molecule is CCC1CCCC(CN)(Cc2cncs2)C1. The van der Waals surface area contributed by atoms with E-state index < -0.39 is 0 Å². The molecule has 0 bridgehead atoms. The number of aromatic nitrogens is 1. The molecule has 16 heavy (non-hydrogen) atoms. The third kappa shape index (κ3) is 2.64. The molecule has 1 saturated carbocycles. The highest BCUT2D eigenvalue weighted by Gasteiger charge is 2.34. The Bertz CT molecular complexity index is 310. The van der Waals surface area contributed by atoms with E-state index >= 15 is 0 Å². The fourth-order valence-corrected chi connectivity index (χ4v) is 3.82. The molecule has 2 atom stereocenters. The zero-order valence-corrected chi connectivity index (χ0v) is 10.9. The molecule has 0 aliphatic heterocycles. The molecule has 1 aliphatic carbocycles. The third-order valence-electron chi connectivity index (χ3n) is 4.08. The van der Waals surface area contributed by atoms with Gasteiger partial charge in [0.05, 0.1) is 5.51 Å². The van der Waals surface area contributed by atoms with Crippen LogP contribution < -0.4 is 5.73 Å². The van der Waals surface area contributed by atoms with Gasteiger partial charge in [-0.05, 0) is 37.1 Å². The van der Waals surface area contributed by atoms with Crippen molar-refractivity contribution in [2.45, 2.75) is 45.4 Å². The van der Waals surface area contributed by atoms with Crippen LogP contribution in [0.3, 0.4) is 0 Å². The van der Waals surface area contributed by atoms with E-state index in [9.17, 15) is 0 Å². The lowest BCUT2D eigenvalue weighted by atomic mass is 9.67. The van der Waals surface area contributed by atoms with Crippen molar-refractivity contribution in [3.63, 3.8) is 0 Å². The highest BCUT2D eigenvalue weighted by Crippen LogP contribution is 2.42. The van der Waals surface area contributed by atoms with Crippen LogP contribution in [0.4, 0.5) is 0 Å². The summed E-state index contributed by atoms with van der Waals surface area (Å²) in [7, 11) is 0. The van der Waals surface area contributed by atoms with Crippen molar-refractivity contribution in [3.8, 4) is 0 Å². The predicted octanol–water partition coefficient (Wildman–Crippen LogP) is 3.23. The average Bonchev–Trinajstić information content (AvgIpc) is 2.82. The summed E-state index contributed by atoms with van der Waals surface area (Å²) in [5, 5.41) is 0. The minimum atomic E-state index is 0.367. The van der Waals surface area contributed by atoms with Crippen LogP contribution in [0.1, 0.15) is 43.9 Å². The van der Waals surface area contributed by atoms with E-state index in [2.05, 4.69) is 11.9 Å². The smallest absolute Gasteiger partial charge is 0.0794 e. The van der Waals surface area contributed by atoms with Crippen LogP contribution in [0.25, 0.3) is 0 Å². The monoisotopic (exact) mass is 238 g/mol. The maximum absolute atomic E-state index is 6.06. The summed E-state index contributed by atoms with van der Waals surface area (Å²) < 4.78 is 0. The van der Waals surface area contributed by atoms with Crippen LogP contribution in [0.5, 0.6) is 0 Å². The van der Waals surface area contributed by atoms with Gasteiger partial charge in [-0.3, -0.25) is 4.98 Å². The van der Waals surface area contributed by atoms with Crippen molar-refractivity contribution in [2.24, 2.45) is 17.1 Å². The average molecular weight is 238 g/mol. The lowest BCUT2D eigenvalue weighted by Crippen LogP contribution is -2.37. The van der Waals surface area contributed by atoms with E-state index in [0.29, 0.717) is 5.41 Å². The van der Waals surface area contributed by atoms with Crippen molar-refractivity contribution in [1.82, 2.24) is 4.98 Å². The van der Waals surface area contributed by atoms with Crippen LogP contribution in [-0.2, 0) is 6.42 Å². The minimum absolute atomic E-state index is 0.367. The first-order valence-corrected chi connectivity index (χ1v) is 7.23. The quantitative estimate of drug-likeness (QED) is 0.874. The first-order chi connectivity index (χ1) is 7.78. The van der Waals surface area contributed by atoms with Gasteiger partial charge in [0.25, 0.3) is 0 Å². The molecule has 0 amide bonds. The second-order valence-corrected chi connectivity index (χ2v) is 6.19. The van der Waals surface area contributed by atoms with Gasteiger partial charge in [-0.2, -0.15) is 0 Å². The van der Waals surface area contributed by atoms with Crippen LogP contribution in [-0.4, -0.2) is 11.5 Å². The highest BCUT2D eigenvalue weighted by molar-refractivity contribution is 7.09. The van der Waals surface area contributed by atoms with Crippen molar-refractivity contribution < 1.29 is 0 Å². The standard InChI is InChI=1S/C13H22N2S/c1-2-11-4-3-5-13(6-11,9-14)7-12-8-15-10-16-12/h8,10-11H,2-7,9,14H2,1H3. The first-order valence-electron chi connectivity index (χ1n) is 6.35. The van der Waals surface area contributed by atoms with Crippen LogP contribution in [0, 0.1) is 11.3 Å². The van der Waals surface area contributed by atoms with Gasteiger partial charge in [0.15, 0.2) is 0 Å². The Morgan fingerprint density at radius 1 is 1.62 bits per heavy atom. The first kappa shape index (κ1) is 12.1. The molecule has 0 aromatic carbocycles.